The van der Waals surface area contributed by atoms with Gasteiger partial charge in [-0.3, -0.25) is 0 Å². The second-order valence-electron chi connectivity index (χ2n) is 1.86. The highest BCUT2D eigenvalue weighted by molar-refractivity contribution is 7.98. The third-order valence-corrected chi connectivity index (χ3v) is 1.73. The van der Waals surface area contributed by atoms with Crippen LogP contribution >= 0.6 is 11.8 Å². The molecule has 0 saturated carbocycles. The van der Waals surface area contributed by atoms with Crippen LogP contribution in [0, 0.1) is 6.20 Å². The second-order valence-corrected chi connectivity index (χ2v) is 2.71. The third kappa shape index (κ3) is 2.65. The van der Waals surface area contributed by atoms with Gasteiger partial charge >= 0.3 is 6.61 Å². The van der Waals surface area contributed by atoms with Gasteiger partial charge in [0, 0.05) is 4.90 Å². The van der Waals surface area contributed by atoms with Gasteiger partial charge in [-0.2, -0.15) is 8.78 Å². The molecule has 2 nitrogen and oxygen atoms in total. The maximum atomic E-state index is 11.7. The largest absolute Gasteiger partial charge is 0.433 e. The zero-order chi connectivity index (χ0) is 8.97. The molecular formula is C7H6F2NOS. The van der Waals surface area contributed by atoms with E-state index in [9.17, 15) is 8.78 Å². The molecule has 0 aromatic carbocycles. The molecule has 1 radical (unpaired) electrons. The summed E-state index contributed by atoms with van der Waals surface area (Å²) >= 11 is 1.37. The van der Waals surface area contributed by atoms with Crippen LogP contribution in [0.5, 0.6) is 5.75 Å². The van der Waals surface area contributed by atoms with E-state index in [-0.39, 0.29) is 5.75 Å². The van der Waals surface area contributed by atoms with E-state index < -0.39 is 6.61 Å². The van der Waals surface area contributed by atoms with Gasteiger partial charge in [-0.25, -0.2) is 4.98 Å². The van der Waals surface area contributed by atoms with Crippen LogP contribution in [0.15, 0.2) is 17.2 Å². The maximum Gasteiger partial charge on any atom is 0.387 e. The Balaban J connectivity index is 2.72. The molecule has 1 rings (SSSR count). The molecule has 1 aromatic heterocycles. The van der Waals surface area contributed by atoms with Crippen LogP contribution in [0.3, 0.4) is 0 Å². The van der Waals surface area contributed by atoms with Crippen molar-refractivity contribution >= 4 is 11.8 Å². The van der Waals surface area contributed by atoms with Crippen molar-refractivity contribution in [2.24, 2.45) is 0 Å². The van der Waals surface area contributed by atoms with Gasteiger partial charge in [-0.05, 0) is 12.3 Å². The second kappa shape index (κ2) is 4.25. The summed E-state index contributed by atoms with van der Waals surface area (Å²) in [7, 11) is 0. The third-order valence-electron chi connectivity index (χ3n) is 1.08. The van der Waals surface area contributed by atoms with Gasteiger partial charge in [0.2, 0.25) is 0 Å². The lowest BCUT2D eigenvalue weighted by atomic mass is 10.5. The molecule has 1 heterocycles. The van der Waals surface area contributed by atoms with Crippen molar-refractivity contribution in [3.05, 3.63) is 18.5 Å². The molecule has 1 aromatic rings. The van der Waals surface area contributed by atoms with Crippen LogP contribution in [0.25, 0.3) is 0 Å². The Kier molecular flexibility index (Phi) is 3.28. The van der Waals surface area contributed by atoms with Crippen LogP contribution in [-0.4, -0.2) is 17.9 Å². The highest BCUT2D eigenvalue weighted by Gasteiger charge is 2.04. The number of thioether (sulfide) groups is 1. The number of hydrogen-bond acceptors (Lipinski definition) is 3. The van der Waals surface area contributed by atoms with Gasteiger partial charge in [0.05, 0.1) is 6.20 Å². The van der Waals surface area contributed by atoms with Gasteiger partial charge in [-0.1, -0.05) is 0 Å². The molecule has 65 valence electrons. The Morgan fingerprint density at radius 2 is 2.42 bits per heavy atom. The summed E-state index contributed by atoms with van der Waals surface area (Å²) in [6.45, 7) is -2.80. The number of halogens is 2. The van der Waals surface area contributed by atoms with Crippen molar-refractivity contribution < 1.29 is 13.5 Å². The molecule has 0 aliphatic carbocycles. The summed E-state index contributed by atoms with van der Waals surface area (Å²) in [6, 6.07) is 1.46. The first-order valence-corrected chi connectivity index (χ1v) is 4.31. The fraction of sp³-hybridized carbons (Fsp3) is 0.286. The highest BCUT2D eigenvalue weighted by atomic mass is 32.2. The SMILES string of the molecule is CSc1[c]ncc(OC(F)F)c1. The highest BCUT2D eigenvalue weighted by Crippen LogP contribution is 2.19. The van der Waals surface area contributed by atoms with Crippen molar-refractivity contribution in [2.75, 3.05) is 6.26 Å². The van der Waals surface area contributed by atoms with E-state index in [2.05, 4.69) is 15.9 Å². The molecule has 0 N–H and O–H groups in total. The standard InChI is InChI=1S/C7H6F2NOS/c1-12-6-2-5(3-10-4-6)11-7(8)9/h2-3,7H,1H3. The first-order chi connectivity index (χ1) is 5.72. The maximum absolute atomic E-state index is 11.7. The molecule has 0 unspecified atom stereocenters. The van der Waals surface area contributed by atoms with Gasteiger partial charge in [-0.15, -0.1) is 11.8 Å². The van der Waals surface area contributed by atoms with E-state index in [1.807, 2.05) is 0 Å². The number of rotatable bonds is 3. The van der Waals surface area contributed by atoms with Crippen LogP contribution in [0.1, 0.15) is 0 Å². The van der Waals surface area contributed by atoms with Gasteiger partial charge in [0.1, 0.15) is 11.9 Å². The molecule has 0 aliphatic heterocycles. The summed E-state index contributed by atoms with van der Waals surface area (Å²) in [6.07, 6.45) is 5.63. The fourth-order valence-corrected chi connectivity index (χ4v) is 1.01. The lowest BCUT2D eigenvalue weighted by Crippen LogP contribution is -2.02. The number of nitrogens with zero attached hydrogens (tertiary/aromatic N) is 1. The van der Waals surface area contributed by atoms with Gasteiger partial charge in [0.15, 0.2) is 0 Å². The average Bonchev–Trinajstić information content (AvgIpc) is 2.03. The van der Waals surface area contributed by atoms with Crippen molar-refractivity contribution in [1.29, 1.82) is 0 Å². The molecule has 0 aliphatic rings. The zero-order valence-corrected chi connectivity index (χ0v) is 7.07. The van der Waals surface area contributed by atoms with E-state index in [4.69, 9.17) is 0 Å². The average molecular weight is 190 g/mol. The van der Waals surface area contributed by atoms with Crippen LogP contribution in [-0.2, 0) is 0 Å². The minimum atomic E-state index is -2.80. The van der Waals surface area contributed by atoms with E-state index in [1.165, 1.54) is 24.0 Å². The summed E-state index contributed by atoms with van der Waals surface area (Å²) in [5, 5.41) is 0. The topological polar surface area (TPSA) is 22.1 Å². The molecule has 0 spiro atoms. The molecule has 5 heteroatoms. The molecule has 0 fully saturated rings. The zero-order valence-electron chi connectivity index (χ0n) is 6.25. The quantitative estimate of drug-likeness (QED) is 0.682. The number of pyridine rings is 1. The van der Waals surface area contributed by atoms with Gasteiger partial charge < -0.3 is 4.74 Å². The molecular weight excluding hydrogens is 184 g/mol. The molecule has 0 atom stereocenters. The monoisotopic (exact) mass is 190 g/mol. The van der Waals surface area contributed by atoms with Crippen molar-refractivity contribution in [1.82, 2.24) is 4.98 Å². The molecule has 0 amide bonds. The molecule has 0 bridgehead atoms. The smallest absolute Gasteiger partial charge is 0.387 e. The number of ether oxygens (including phenoxy) is 1. The van der Waals surface area contributed by atoms with Crippen molar-refractivity contribution in [3.8, 4) is 5.75 Å². The Morgan fingerprint density at radius 1 is 1.67 bits per heavy atom. The van der Waals surface area contributed by atoms with Crippen LogP contribution < -0.4 is 4.74 Å². The number of hydrogen-bond donors (Lipinski definition) is 0. The van der Waals surface area contributed by atoms with Crippen LogP contribution in [0.4, 0.5) is 8.78 Å². The predicted molar refractivity (Wildman–Crippen MR) is 41.5 cm³/mol. The number of aromatic nitrogens is 1. The number of alkyl halides is 2. The normalized spacial score (nSPS) is 10.3. The Hall–Kier alpha value is -0.840. The van der Waals surface area contributed by atoms with E-state index in [1.54, 1.807) is 6.26 Å². The lowest BCUT2D eigenvalue weighted by molar-refractivity contribution is -0.0502. The first kappa shape index (κ1) is 9.25. The fourth-order valence-electron chi connectivity index (χ4n) is 0.630. The van der Waals surface area contributed by atoms with Crippen LogP contribution in [0.2, 0.25) is 0 Å². The Bertz CT molecular complexity index is 257. The Labute approximate surface area is 72.9 Å². The summed E-state index contributed by atoms with van der Waals surface area (Å²) < 4.78 is 27.5. The summed E-state index contributed by atoms with van der Waals surface area (Å²) in [5.41, 5.74) is 0. The summed E-state index contributed by atoms with van der Waals surface area (Å²) in [5.74, 6) is 0.0631. The predicted octanol–water partition coefficient (Wildman–Crippen LogP) is 2.21. The van der Waals surface area contributed by atoms with Crippen molar-refractivity contribution in [2.45, 2.75) is 11.5 Å². The minimum Gasteiger partial charge on any atom is -0.433 e. The first-order valence-electron chi connectivity index (χ1n) is 3.09. The van der Waals surface area contributed by atoms with E-state index >= 15 is 0 Å². The van der Waals surface area contributed by atoms with E-state index in [0.29, 0.717) is 4.90 Å². The summed E-state index contributed by atoms with van der Waals surface area (Å²) in [4.78, 5) is 4.28. The lowest BCUT2D eigenvalue weighted by Gasteiger charge is -2.03. The Morgan fingerprint density at radius 3 is 3.00 bits per heavy atom. The van der Waals surface area contributed by atoms with Crippen molar-refractivity contribution in [3.63, 3.8) is 0 Å². The van der Waals surface area contributed by atoms with Gasteiger partial charge in [0.25, 0.3) is 0 Å². The van der Waals surface area contributed by atoms with E-state index in [0.717, 1.165) is 0 Å². The molecule has 12 heavy (non-hydrogen) atoms. The molecule has 0 saturated heterocycles. The minimum absolute atomic E-state index is 0.0631.